The lowest BCUT2D eigenvalue weighted by atomic mass is 10.0. The third-order valence-electron chi connectivity index (χ3n) is 6.98. The highest BCUT2D eigenvalue weighted by Crippen LogP contribution is 2.39. The minimum Gasteiger partial charge on any atom is -0.456 e. The number of aromatic nitrogens is 4. The molecule has 8 rings (SSSR count). The van der Waals surface area contributed by atoms with E-state index in [4.69, 9.17) is 24.4 Å². The largest absolute Gasteiger partial charge is 0.456 e. The molecule has 3 heterocycles. The average molecular weight is 533 g/mol. The van der Waals surface area contributed by atoms with Gasteiger partial charge in [0, 0.05) is 33.0 Å². The zero-order valence-electron chi connectivity index (χ0n) is 21.2. The fourth-order valence-electron chi connectivity index (χ4n) is 5.07. The van der Waals surface area contributed by atoms with Crippen LogP contribution in [0.3, 0.4) is 0 Å². The minimum absolute atomic E-state index is 0.603. The van der Waals surface area contributed by atoms with Gasteiger partial charge >= 0.3 is 0 Å². The minimum atomic E-state index is 0.603. The molecule has 0 saturated heterocycles. The molecule has 5 nitrogen and oxygen atoms in total. The number of furan rings is 1. The molecule has 0 radical (unpaired) electrons. The Balaban J connectivity index is 1.36. The molecule has 0 fully saturated rings. The summed E-state index contributed by atoms with van der Waals surface area (Å²) in [7, 11) is 0. The van der Waals surface area contributed by atoms with E-state index in [9.17, 15) is 0 Å². The third kappa shape index (κ3) is 3.85. The van der Waals surface area contributed by atoms with Crippen molar-refractivity contribution in [3.63, 3.8) is 0 Å². The van der Waals surface area contributed by atoms with Gasteiger partial charge in [-0.15, -0.1) is 11.3 Å². The monoisotopic (exact) mass is 532 g/mol. The lowest BCUT2D eigenvalue weighted by molar-refractivity contribution is 0.669. The zero-order valence-corrected chi connectivity index (χ0v) is 22.0. The van der Waals surface area contributed by atoms with Crippen LogP contribution in [0.4, 0.5) is 0 Å². The molecule has 0 aliphatic heterocycles. The number of nitrogens with zero attached hydrogens (tertiary/aromatic N) is 4. The molecule has 3 aromatic heterocycles. The number of rotatable bonds is 4. The molecule has 188 valence electrons. The molecule has 0 saturated carbocycles. The molecule has 0 spiro atoms. The Morgan fingerprint density at radius 1 is 0.500 bits per heavy atom. The summed E-state index contributed by atoms with van der Waals surface area (Å²) >= 11 is 1.69. The summed E-state index contributed by atoms with van der Waals surface area (Å²) in [5.41, 5.74) is 6.43. The first-order valence-corrected chi connectivity index (χ1v) is 13.8. The van der Waals surface area contributed by atoms with Gasteiger partial charge < -0.3 is 4.42 Å². The summed E-state index contributed by atoms with van der Waals surface area (Å²) in [4.78, 5) is 19.7. The quantitative estimate of drug-likeness (QED) is 0.226. The molecule has 0 amide bonds. The zero-order chi connectivity index (χ0) is 26.5. The smallest absolute Gasteiger partial charge is 0.164 e. The lowest BCUT2D eigenvalue weighted by Gasteiger charge is -2.09. The summed E-state index contributed by atoms with van der Waals surface area (Å²) in [6, 6.07) is 40.6. The number of thiazole rings is 1. The highest BCUT2D eigenvalue weighted by atomic mass is 32.1. The van der Waals surface area contributed by atoms with Crippen molar-refractivity contribution in [2.24, 2.45) is 0 Å². The van der Waals surface area contributed by atoms with Crippen LogP contribution in [0.25, 0.3) is 76.9 Å². The highest BCUT2D eigenvalue weighted by molar-refractivity contribution is 7.21. The molecule has 0 unspecified atom stereocenters. The number of fused-ring (bicyclic) bond motifs is 4. The first-order chi connectivity index (χ1) is 19.8. The standard InChI is InChI=1S/C34H20N4OS/c1-3-10-21(11-4-1)31-36-32(22-12-5-2-6-13-22)38-33(37-31)24-14-9-16-28-30(24)25-20-23(18-19-27(25)39-28)34-35-26-15-7-8-17-29(26)40-34/h1-20H. The van der Waals surface area contributed by atoms with E-state index in [1.165, 1.54) is 4.70 Å². The first-order valence-electron chi connectivity index (χ1n) is 13.0. The van der Waals surface area contributed by atoms with E-state index in [0.717, 1.165) is 54.7 Å². The van der Waals surface area contributed by atoms with Gasteiger partial charge in [0.25, 0.3) is 0 Å². The van der Waals surface area contributed by atoms with E-state index in [1.807, 2.05) is 91.0 Å². The van der Waals surface area contributed by atoms with E-state index in [1.54, 1.807) is 11.3 Å². The lowest BCUT2D eigenvalue weighted by Crippen LogP contribution is -2.00. The van der Waals surface area contributed by atoms with Gasteiger partial charge in [-0.1, -0.05) is 84.9 Å². The summed E-state index contributed by atoms with van der Waals surface area (Å²) in [5, 5.41) is 2.96. The van der Waals surface area contributed by atoms with Crippen molar-refractivity contribution in [1.29, 1.82) is 0 Å². The van der Waals surface area contributed by atoms with Gasteiger partial charge in [-0.2, -0.15) is 0 Å². The SMILES string of the molecule is c1ccc(-c2nc(-c3ccccc3)nc(-c3cccc4oc5ccc(-c6nc7ccccc7s6)cc5c34)n2)cc1. The molecular formula is C34H20N4OS. The van der Waals surface area contributed by atoms with E-state index in [2.05, 4.69) is 30.3 Å². The van der Waals surface area contributed by atoms with Crippen LogP contribution in [0.15, 0.2) is 126 Å². The summed E-state index contributed by atoms with van der Waals surface area (Å²) in [5.74, 6) is 1.86. The van der Waals surface area contributed by atoms with Gasteiger partial charge in [-0.05, 0) is 36.4 Å². The Bertz CT molecular complexity index is 2080. The molecule has 0 atom stereocenters. The van der Waals surface area contributed by atoms with E-state index >= 15 is 0 Å². The predicted octanol–water partition coefficient (Wildman–Crippen LogP) is 9.05. The first kappa shape index (κ1) is 22.8. The number of para-hydroxylation sites is 1. The molecule has 0 aliphatic rings. The second-order valence-electron chi connectivity index (χ2n) is 9.52. The van der Waals surface area contributed by atoms with Crippen LogP contribution in [0.2, 0.25) is 0 Å². The van der Waals surface area contributed by atoms with Crippen molar-refractivity contribution in [3.8, 4) is 44.7 Å². The highest BCUT2D eigenvalue weighted by Gasteiger charge is 2.18. The molecule has 40 heavy (non-hydrogen) atoms. The van der Waals surface area contributed by atoms with Gasteiger partial charge in [-0.25, -0.2) is 19.9 Å². The van der Waals surface area contributed by atoms with Crippen LogP contribution in [-0.4, -0.2) is 19.9 Å². The Morgan fingerprint density at radius 2 is 1.18 bits per heavy atom. The number of hydrogen-bond acceptors (Lipinski definition) is 6. The molecule has 0 N–H and O–H groups in total. The third-order valence-corrected chi connectivity index (χ3v) is 8.06. The van der Waals surface area contributed by atoms with E-state index < -0.39 is 0 Å². The van der Waals surface area contributed by atoms with E-state index in [-0.39, 0.29) is 0 Å². The van der Waals surface area contributed by atoms with Crippen molar-refractivity contribution in [3.05, 3.63) is 121 Å². The summed E-state index contributed by atoms with van der Waals surface area (Å²) in [6.45, 7) is 0. The van der Waals surface area contributed by atoms with Crippen molar-refractivity contribution >= 4 is 43.5 Å². The maximum absolute atomic E-state index is 6.31. The van der Waals surface area contributed by atoms with Crippen molar-refractivity contribution < 1.29 is 4.42 Å². The summed E-state index contributed by atoms with van der Waals surface area (Å²) < 4.78 is 7.47. The Kier molecular flexibility index (Phi) is 5.24. The second-order valence-corrected chi connectivity index (χ2v) is 10.5. The van der Waals surface area contributed by atoms with Crippen LogP contribution < -0.4 is 0 Å². The van der Waals surface area contributed by atoms with Gasteiger partial charge in [-0.3, -0.25) is 0 Å². The molecular weight excluding hydrogens is 512 g/mol. The maximum Gasteiger partial charge on any atom is 0.164 e. The molecule has 0 aliphatic carbocycles. The second kappa shape index (κ2) is 9.22. The fraction of sp³-hybridized carbons (Fsp3) is 0. The Morgan fingerprint density at radius 3 is 1.90 bits per heavy atom. The number of benzene rings is 5. The van der Waals surface area contributed by atoms with Crippen molar-refractivity contribution in [1.82, 2.24) is 19.9 Å². The van der Waals surface area contributed by atoms with Crippen LogP contribution in [0.1, 0.15) is 0 Å². The van der Waals surface area contributed by atoms with Crippen LogP contribution in [0.5, 0.6) is 0 Å². The molecule has 8 aromatic rings. The van der Waals surface area contributed by atoms with E-state index in [0.29, 0.717) is 17.5 Å². The Hall–Kier alpha value is -5.20. The average Bonchev–Trinajstić information content (AvgIpc) is 3.63. The van der Waals surface area contributed by atoms with Crippen LogP contribution >= 0.6 is 11.3 Å². The van der Waals surface area contributed by atoms with Crippen molar-refractivity contribution in [2.45, 2.75) is 0 Å². The van der Waals surface area contributed by atoms with Crippen molar-refractivity contribution in [2.75, 3.05) is 0 Å². The predicted molar refractivity (Wildman–Crippen MR) is 162 cm³/mol. The topological polar surface area (TPSA) is 64.7 Å². The van der Waals surface area contributed by atoms with Gasteiger partial charge in [0.1, 0.15) is 16.2 Å². The van der Waals surface area contributed by atoms with Crippen LogP contribution in [0, 0.1) is 0 Å². The fourth-order valence-corrected chi connectivity index (χ4v) is 6.03. The number of hydrogen-bond donors (Lipinski definition) is 0. The van der Waals surface area contributed by atoms with Crippen LogP contribution in [-0.2, 0) is 0 Å². The summed E-state index contributed by atoms with van der Waals surface area (Å²) in [6.07, 6.45) is 0. The van der Waals surface area contributed by atoms with Gasteiger partial charge in [0.2, 0.25) is 0 Å². The maximum atomic E-state index is 6.31. The van der Waals surface area contributed by atoms with Gasteiger partial charge in [0.05, 0.1) is 10.2 Å². The molecule has 6 heteroatoms. The molecule has 5 aromatic carbocycles. The van der Waals surface area contributed by atoms with Gasteiger partial charge in [0.15, 0.2) is 17.5 Å². The molecule has 0 bridgehead atoms. The Labute approximate surface area is 233 Å². The normalized spacial score (nSPS) is 11.5.